The SMILES string of the molecule is COCCn1c(CN(CC2CC2)C(=O)C2CC2)cnc1S(=O)(=O)Cc1ccc(F)cc1. The molecule has 0 N–H and O–H groups in total. The number of imidazole rings is 1. The van der Waals surface area contributed by atoms with Crippen LogP contribution in [0.25, 0.3) is 0 Å². The number of ether oxygens (including phenoxy) is 1. The molecule has 2 fully saturated rings. The molecule has 0 aliphatic heterocycles. The number of hydrogen-bond acceptors (Lipinski definition) is 5. The summed E-state index contributed by atoms with van der Waals surface area (Å²) in [6.07, 6.45) is 5.68. The van der Waals surface area contributed by atoms with Crippen LogP contribution in [-0.4, -0.2) is 49.0 Å². The van der Waals surface area contributed by atoms with Crippen molar-refractivity contribution in [3.05, 3.63) is 47.5 Å². The van der Waals surface area contributed by atoms with Crippen molar-refractivity contribution in [2.24, 2.45) is 11.8 Å². The number of halogens is 1. The average molecular weight is 450 g/mol. The average Bonchev–Trinajstić information content (AvgIpc) is 3.66. The second kappa shape index (κ2) is 9.08. The molecule has 9 heteroatoms. The lowest BCUT2D eigenvalue weighted by molar-refractivity contribution is -0.133. The Balaban J connectivity index is 1.59. The molecule has 1 heterocycles. The van der Waals surface area contributed by atoms with Crippen molar-refractivity contribution in [2.75, 3.05) is 20.3 Å². The van der Waals surface area contributed by atoms with Crippen LogP contribution < -0.4 is 0 Å². The second-order valence-electron chi connectivity index (χ2n) is 8.50. The third kappa shape index (κ3) is 5.51. The topological polar surface area (TPSA) is 81.5 Å². The number of hydrogen-bond donors (Lipinski definition) is 0. The smallest absolute Gasteiger partial charge is 0.228 e. The van der Waals surface area contributed by atoms with E-state index in [2.05, 4.69) is 4.98 Å². The molecule has 0 bridgehead atoms. The fourth-order valence-electron chi connectivity index (χ4n) is 3.68. The number of amides is 1. The predicted octanol–water partition coefficient (Wildman–Crippen LogP) is 2.79. The lowest BCUT2D eigenvalue weighted by atomic mass is 10.2. The van der Waals surface area contributed by atoms with Crippen LogP contribution in [0.5, 0.6) is 0 Å². The third-order valence-corrected chi connectivity index (χ3v) is 7.33. The first-order valence-corrected chi connectivity index (χ1v) is 12.3. The van der Waals surface area contributed by atoms with Gasteiger partial charge in [-0.1, -0.05) is 12.1 Å². The van der Waals surface area contributed by atoms with Crippen molar-refractivity contribution < 1.29 is 22.3 Å². The lowest BCUT2D eigenvalue weighted by Crippen LogP contribution is -2.34. The molecule has 0 atom stereocenters. The molecule has 0 unspecified atom stereocenters. The zero-order valence-corrected chi connectivity index (χ0v) is 18.5. The molecule has 7 nitrogen and oxygen atoms in total. The molecule has 168 valence electrons. The summed E-state index contributed by atoms with van der Waals surface area (Å²) in [7, 11) is -2.21. The van der Waals surface area contributed by atoms with Crippen LogP contribution in [0.4, 0.5) is 4.39 Å². The van der Waals surface area contributed by atoms with E-state index in [-0.39, 0.29) is 22.7 Å². The van der Waals surface area contributed by atoms with E-state index in [0.717, 1.165) is 25.7 Å². The number of carbonyl (C=O) groups excluding carboxylic acids is 1. The molecule has 2 aliphatic rings. The maximum atomic E-state index is 13.2. The summed E-state index contributed by atoms with van der Waals surface area (Å²) in [5, 5.41) is -0.0471. The fourth-order valence-corrected chi connectivity index (χ4v) is 5.20. The number of carbonyl (C=O) groups is 1. The molecule has 1 amide bonds. The summed E-state index contributed by atoms with van der Waals surface area (Å²) < 4.78 is 46.2. The Bertz CT molecular complexity index is 1030. The third-order valence-electron chi connectivity index (χ3n) is 5.74. The quantitative estimate of drug-likeness (QED) is 0.527. The van der Waals surface area contributed by atoms with Crippen LogP contribution in [0.3, 0.4) is 0 Å². The summed E-state index contributed by atoms with van der Waals surface area (Å²) in [6, 6.07) is 5.41. The van der Waals surface area contributed by atoms with Crippen LogP contribution in [0.2, 0.25) is 0 Å². The van der Waals surface area contributed by atoms with Crippen molar-refractivity contribution in [3.63, 3.8) is 0 Å². The first-order chi connectivity index (χ1) is 14.9. The minimum absolute atomic E-state index is 0.0471. The Kier molecular flexibility index (Phi) is 6.43. The van der Waals surface area contributed by atoms with E-state index in [9.17, 15) is 17.6 Å². The first-order valence-electron chi connectivity index (χ1n) is 10.7. The Hall–Kier alpha value is -2.26. The normalized spacial score (nSPS) is 16.5. The van der Waals surface area contributed by atoms with Gasteiger partial charge < -0.3 is 14.2 Å². The van der Waals surface area contributed by atoms with Gasteiger partial charge in [0.15, 0.2) is 0 Å². The molecular formula is C22H28FN3O4S. The molecule has 0 saturated heterocycles. The van der Waals surface area contributed by atoms with Crippen LogP contribution in [0.15, 0.2) is 35.6 Å². The van der Waals surface area contributed by atoms with Gasteiger partial charge in [-0.25, -0.2) is 17.8 Å². The minimum Gasteiger partial charge on any atom is -0.383 e. The van der Waals surface area contributed by atoms with Crippen molar-refractivity contribution in [1.82, 2.24) is 14.5 Å². The largest absolute Gasteiger partial charge is 0.383 e. The molecule has 1 aromatic carbocycles. The van der Waals surface area contributed by atoms with Gasteiger partial charge in [0.1, 0.15) is 5.82 Å². The van der Waals surface area contributed by atoms with E-state index in [4.69, 9.17) is 4.74 Å². The number of methoxy groups -OCH3 is 1. The fraction of sp³-hybridized carbons (Fsp3) is 0.545. The predicted molar refractivity (Wildman–Crippen MR) is 112 cm³/mol. The van der Waals surface area contributed by atoms with E-state index in [1.54, 1.807) is 17.9 Å². The Labute approximate surface area is 182 Å². The van der Waals surface area contributed by atoms with E-state index in [1.807, 2.05) is 4.90 Å². The van der Waals surface area contributed by atoms with Crippen LogP contribution in [-0.2, 0) is 38.2 Å². The molecule has 0 spiro atoms. The van der Waals surface area contributed by atoms with Gasteiger partial charge in [-0.3, -0.25) is 4.79 Å². The maximum absolute atomic E-state index is 13.2. The standard InChI is InChI=1S/C22H28FN3O4S/c1-30-11-10-26-20(14-25(13-16-2-3-16)21(27)18-6-7-18)12-24-22(26)31(28,29)15-17-4-8-19(23)9-5-17/h4-5,8-9,12,16,18H,2-3,6-7,10-11,13-15H2,1H3. The molecule has 2 aliphatic carbocycles. The van der Waals surface area contributed by atoms with Gasteiger partial charge in [-0.05, 0) is 49.3 Å². The highest BCUT2D eigenvalue weighted by Gasteiger charge is 2.36. The van der Waals surface area contributed by atoms with Crippen molar-refractivity contribution >= 4 is 15.7 Å². The highest BCUT2D eigenvalue weighted by atomic mass is 32.2. The highest BCUT2D eigenvalue weighted by molar-refractivity contribution is 7.90. The highest BCUT2D eigenvalue weighted by Crippen LogP contribution is 2.35. The lowest BCUT2D eigenvalue weighted by Gasteiger charge is -2.23. The molecule has 0 radical (unpaired) electrons. The maximum Gasteiger partial charge on any atom is 0.228 e. The molecule has 31 heavy (non-hydrogen) atoms. The summed E-state index contributed by atoms with van der Waals surface area (Å²) in [5.41, 5.74) is 1.17. The Morgan fingerprint density at radius 2 is 1.94 bits per heavy atom. The number of nitrogens with zero attached hydrogens (tertiary/aromatic N) is 3. The monoisotopic (exact) mass is 449 g/mol. The number of sulfone groups is 1. The van der Waals surface area contributed by atoms with E-state index in [0.29, 0.717) is 43.4 Å². The molecule has 4 rings (SSSR count). The number of benzene rings is 1. The van der Waals surface area contributed by atoms with Crippen molar-refractivity contribution in [2.45, 2.75) is 49.7 Å². The van der Waals surface area contributed by atoms with E-state index in [1.165, 1.54) is 24.3 Å². The zero-order valence-electron chi connectivity index (χ0n) is 17.7. The summed E-state index contributed by atoms with van der Waals surface area (Å²) >= 11 is 0. The second-order valence-corrected chi connectivity index (χ2v) is 10.4. The van der Waals surface area contributed by atoms with Crippen molar-refractivity contribution in [3.8, 4) is 0 Å². The van der Waals surface area contributed by atoms with Crippen LogP contribution >= 0.6 is 0 Å². The van der Waals surface area contributed by atoms with E-state index >= 15 is 0 Å². The Morgan fingerprint density at radius 3 is 2.55 bits per heavy atom. The van der Waals surface area contributed by atoms with Crippen LogP contribution in [0, 0.1) is 17.7 Å². The van der Waals surface area contributed by atoms with E-state index < -0.39 is 15.7 Å². The summed E-state index contributed by atoms with van der Waals surface area (Å²) in [4.78, 5) is 18.9. The molecule has 1 aromatic heterocycles. The zero-order chi connectivity index (χ0) is 22.0. The number of rotatable bonds is 11. The summed E-state index contributed by atoms with van der Waals surface area (Å²) in [6.45, 7) is 1.69. The van der Waals surface area contributed by atoms with Gasteiger partial charge in [0.2, 0.25) is 20.9 Å². The van der Waals surface area contributed by atoms with Gasteiger partial charge in [0.05, 0.1) is 30.8 Å². The summed E-state index contributed by atoms with van der Waals surface area (Å²) in [5.74, 6) is 0.113. The molecule has 2 saturated carbocycles. The van der Waals surface area contributed by atoms with Crippen molar-refractivity contribution in [1.29, 1.82) is 0 Å². The van der Waals surface area contributed by atoms with Gasteiger partial charge in [-0.2, -0.15) is 0 Å². The van der Waals surface area contributed by atoms with Gasteiger partial charge in [-0.15, -0.1) is 0 Å². The number of aromatic nitrogens is 2. The van der Waals surface area contributed by atoms with Gasteiger partial charge in [0.25, 0.3) is 0 Å². The molecule has 2 aromatic rings. The first kappa shape index (κ1) is 22.0. The van der Waals surface area contributed by atoms with Crippen LogP contribution in [0.1, 0.15) is 36.9 Å². The Morgan fingerprint density at radius 1 is 1.23 bits per heavy atom. The minimum atomic E-state index is -3.77. The van der Waals surface area contributed by atoms with Gasteiger partial charge in [0, 0.05) is 26.1 Å². The molecular weight excluding hydrogens is 421 g/mol. The van der Waals surface area contributed by atoms with Gasteiger partial charge >= 0.3 is 0 Å².